The SMILES string of the molecule is CN=C(NCC1CCN(c2ccc(F)c(F)c2)C1)NCC1(N2CCOCC2)CCCCC1. The maximum Gasteiger partial charge on any atom is 0.191 e. The molecule has 1 saturated carbocycles. The number of nitrogens with zero attached hydrogens (tertiary/aromatic N) is 3. The Morgan fingerprint density at radius 3 is 2.59 bits per heavy atom. The first-order chi connectivity index (χ1) is 15.6. The van der Waals surface area contributed by atoms with Gasteiger partial charge in [-0.25, -0.2) is 8.78 Å². The predicted octanol–water partition coefficient (Wildman–Crippen LogP) is 2.99. The minimum Gasteiger partial charge on any atom is -0.379 e. The van der Waals surface area contributed by atoms with E-state index in [-0.39, 0.29) is 5.54 Å². The lowest BCUT2D eigenvalue weighted by Gasteiger charge is -2.48. The summed E-state index contributed by atoms with van der Waals surface area (Å²) in [7, 11) is 1.82. The molecule has 1 aromatic carbocycles. The highest BCUT2D eigenvalue weighted by Gasteiger charge is 2.38. The van der Waals surface area contributed by atoms with E-state index in [9.17, 15) is 8.78 Å². The van der Waals surface area contributed by atoms with Gasteiger partial charge in [0.15, 0.2) is 17.6 Å². The van der Waals surface area contributed by atoms with Crippen molar-refractivity contribution >= 4 is 11.6 Å². The number of hydrogen-bond donors (Lipinski definition) is 2. The molecule has 2 heterocycles. The van der Waals surface area contributed by atoms with Crippen molar-refractivity contribution in [3.63, 3.8) is 0 Å². The first-order valence-electron chi connectivity index (χ1n) is 12.1. The van der Waals surface area contributed by atoms with E-state index in [0.717, 1.165) is 70.6 Å². The van der Waals surface area contributed by atoms with E-state index in [1.807, 2.05) is 7.05 Å². The van der Waals surface area contributed by atoms with Gasteiger partial charge in [0.05, 0.1) is 13.2 Å². The zero-order chi connectivity index (χ0) is 22.4. The summed E-state index contributed by atoms with van der Waals surface area (Å²) in [6, 6.07) is 4.16. The highest BCUT2D eigenvalue weighted by atomic mass is 19.2. The fraction of sp³-hybridized carbons (Fsp3) is 0.708. The van der Waals surface area contributed by atoms with E-state index >= 15 is 0 Å². The largest absolute Gasteiger partial charge is 0.379 e. The summed E-state index contributed by atoms with van der Waals surface area (Å²) in [5, 5.41) is 7.11. The monoisotopic (exact) mass is 449 g/mol. The predicted molar refractivity (Wildman–Crippen MR) is 124 cm³/mol. The average molecular weight is 450 g/mol. The van der Waals surface area contributed by atoms with Crippen LogP contribution < -0.4 is 15.5 Å². The summed E-state index contributed by atoms with van der Waals surface area (Å²) in [4.78, 5) is 9.21. The van der Waals surface area contributed by atoms with Crippen LogP contribution in [0, 0.1) is 17.6 Å². The van der Waals surface area contributed by atoms with Crippen LogP contribution in [0.5, 0.6) is 0 Å². The molecule has 1 aliphatic carbocycles. The molecule has 1 unspecified atom stereocenters. The molecule has 178 valence electrons. The fourth-order valence-corrected chi connectivity index (χ4v) is 5.48. The summed E-state index contributed by atoms with van der Waals surface area (Å²) in [5.41, 5.74) is 0.940. The molecule has 0 amide bonds. The molecule has 3 aliphatic rings. The fourth-order valence-electron chi connectivity index (χ4n) is 5.48. The van der Waals surface area contributed by atoms with Crippen LogP contribution in [0.3, 0.4) is 0 Å². The van der Waals surface area contributed by atoms with Crippen molar-refractivity contribution in [2.45, 2.75) is 44.1 Å². The van der Waals surface area contributed by atoms with Crippen LogP contribution >= 0.6 is 0 Å². The van der Waals surface area contributed by atoms with E-state index in [1.165, 1.54) is 44.2 Å². The number of halogens is 2. The minimum absolute atomic E-state index is 0.191. The van der Waals surface area contributed by atoms with Gasteiger partial charge in [-0.15, -0.1) is 0 Å². The zero-order valence-electron chi connectivity index (χ0n) is 19.2. The van der Waals surface area contributed by atoms with Crippen molar-refractivity contribution in [3.8, 4) is 0 Å². The number of benzene rings is 1. The maximum absolute atomic E-state index is 13.6. The maximum atomic E-state index is 13.6. The smallest absolute Gasteiger partial charge is 0.191 e. The molecule has 6 nitrogen and oxygen atoms in total. The van der Waals surface area contributed by atoms with Crippen LogP contribution in [-0.4, -0.2) is 75.9 Å². The molecule has 2 saturated heterocycles. The van der Waals surface area contributed by atoms with Crippen molar-refractivity contribution in [3.05, 3.63) is 29.8 Å². The van der Waals surface area contributed by atoms with Crippen LogP contribution in [0.4, 0.5) is 14.5 Å². The van der Waals surface area contributed by atoms with Crippen molar-refractivity contribution in [2.75, 3.05) is 64.4 Å². The second kappa shape index (κ2) is 10.8. The molecule has 0 radical (unpaired) electrons. The van der Waals surface area contributed by atoms with Gasteiger partial charge in [-0.1, -0.05) is 19.3 Å². The van der Waals surface area contributed by atoms with E-state index in [4.69, 9.17) is 4.74 Å². The lowest BCUT2D eigenvalue weighted by Crippen LogP contribution is -2.60. The molecular weight excluding hydrogens is 412 g/mol. The van der Waals surface area contributed by atoms with Gasteiger partial charge in [-0.05, 0) is 37.3 Å². The molecule has 1 atom stereocenters. The Labute approximate surface area is 190 Å². The highest BCUT2D eigenvalue weighted by Crippen LogP contribution is 2.34. The van der Waals surface area contributed by atoms with Gasteiger partial charge in [0.1, 0.15) is 0 Å². The van der Waals surface area contributed by atoms with Gasteiger partial charge < -0.3 is 20.3 Å². The van der Waals surface area contributed by atoms with Gasteiger partial charge in [0.2, 0.25) is 0 Å². The Morgan fingerprint density at radius 2 is 1.88 bits per heavy atom. The number of guanidine groups is 1. The van der Waals surface area contributed by atoms with Gasteiger partial charge in [-0.2, -0.15) is 0 Å². The quantitative estimate of drug-likeness (QED) is 0.517. The third-order valence-electron chi connectivity index (χ3n) is 7.39. The van der Waals surface area contributed by atoms with Crippen LogP contribution in [0.1, 0.15) is 38.5 Å². The molecule has 0 aromatic heterocycles. The van der Waals surface area contributed by atoms with Crippen molar-refractivity contribution in [1.29, 1.82) is 0 Å². The highest BCUT2D eigenvalue weighted by molar-refractivity contribution is 5.79. The number of morpholine rings is 1. The summed E-state index contributed by atoms with van der Waals surface area (Å²) >= 11 is 0. The summed E-state index contributed by atoms with van der Waals surface area (Å²) in [6.45, 7) is 7.06. The number of nitrogens with one attached hydrogen (secondary N) is 2. The number of hydrogen-bond acceptors (Lipinski definition) is 4. The van der Waals surface area contributed by atoms with Gasteiger partial charge >= 0.3 is 0 Å². The second-order valence-corrected chi connectivity index (χ2v) is 9.39. The lowest BCUT2D eigenvalue weighted by atomic mass is 9.80. The van der Waals surface area contributed by atoms with E-state index in [2.05, 4.69) is 25.4 Å². The van der Waals surface area contributed by atoms with Gasteiger partial charge in [0.25, 0.3) is 0 Å². The first-order valence-corrected chi connectivity index (χ1v) is 12.1. The molecule has 8 heteroatoms. The normalized spacial score (nSPS) is 24.5. The number of rotatable bonds is 6. The molecule has 0 bridgehead atoms. The molecule has 32 heavy (non-hydrogen) atoms. The Kier molecular flexibility index (Phi) is 7.84. The molecule has 0 spiro atoms. The Hall–Kier alpha value is -1.93. The van der Waals surface area contributed by atoms with E-state index in [0.29, 0.717) is 5.92 Å². The molecule has 3 fully saturated rings. The zero-order valence-corrected chi connectivity index (χ0v) is 19.2. The molecule has 2 N–H and O–H groups in total. The van der Waals surface area contributed by atoms with Gasteiger partial charge in [0, 0.05) is 63.6 Å². The standard InChI is InChI=1S/C24H37F2N5O/c1-27-23(29-18-24(8-3-2-4-9-24)31-11-13-32-14-12-31)28-16-19-7-10-30(17-19)20-5-6-21(25)22(26)15-20/h5-6,15,19H,2-4,7-14,16-18H2,1H3,(H2,27,28,29). The van der Waals surface area contributed by atoms with Crippen LogP contribution in [0.25, 0.3) is 0 Å². The topological polar surface area (TPSA) is 52.1 Å². The molecule has 1 aromatic rings. The van der Waals surface area contributed by atoms with Crippen LogP contribution in [-0.2, 0) is 4.74 Å². The van der Waals surface area contributed by atoms with Crippen molar-refractivity contribution < 1.29 is 13.5 Å². The second-order valence-electron chi connectivity index (χ2n) is 9.39. The third-order valence-corrected chi connectivity index (χ3v) is 7.39. The number of aliphatic imine (C=N–C) groups is 1. The minimum atomic E-state index is -0.797. The first kappa shape index (κ1) is 23.2. The molecule has 2 aliphatic heterocycles. The van der Waals surface area contributed by atoms with E-state index in [1.54, 1.807) is 6.07 Å². The van der Waals surface area contributed by atoms with Crippen LogP contribution in [0.2, 0.25) is 0 Å². The number of ether oxygens (including phenoxy) is 1. The summed E-state index contributed by atoms with van der Waals surface area (Å²) < 4.78 is 32.4. The molecule has 4 rings (SSSR count). The van der Waals surface area contributed by atoms with E-state index < -0.39 is 11.6 Å². The van der Waals surface area contributed by atoms with Crippen molar-refractivity contribution in [2.24, 2.45) is 10.9 Å². The summed E-state index contributed by atoms with van der Waals surface area (Å²) in [5.74, 6) is -0.307. The third kappa shape index (κ3) is 5.52. The average Bonchev–Trinajstić information content (AvgIpc) is 3.31. The van der Waals surface area contributed by atoms with Crippen LogP contribution in [0.15, 0.2) is 23.2 Å². The Morgan fingerprint density at radius 1 is 1.09 bits per heavy atom. The Bertz CT molecular complexity index is 778. The Balaban J connectivity index is 1.27. The lowest BCUT2D eigenvalue weighted by molar-refractivity contribution is -0.0352. The van der Waals surface area contributed by atoms with Crippen molar-refractivity contribution in [1.82, 2.24) is 15.5 Å². The number of anilines is 1. The van der Waals surface area contributed by atoms with Gasteiger partial charge in [-0.3, -0.25) is 9.89 Å². The molecular formula is C24H37F2N5O. The summed E-state index contributed by atoms with van der Waals surface area (Å²) in [6.07, 6.45) is 7.36.